The average molecular weight is 434 g/mol. The zero-order valence-corrected chi connectivity index (χ0v) is 17.7. The molecule has 0 bridgehead atoms. The van der Waals surface area contributed by atoms with Crippen LogP contribution >= 0.6 is 0 Å². The van der Waals surface area contributed by atoms with Crippen molar-refractivity contribution in [3.05, 3.63) is 41.0 Å². The van der Waals surface area contributed by atoms with Crippen molar-refractivity contribution in [1.82, 2.24) is 25.0 Å². The lowest BCUT2D eigenvalue weighted by molar-refractivity contribution is -0.136. The van der Waals surface area contributed by atoms with Crippen molar-refractivity contribution in [3.8, 4) is 0 Å². The molecule has 0 aliphatic carbocycles. The van der Waals surface area contributed by atoms with Gasteiger partial charge in [0.2, 0.25) is 5.95 Å². The fourth-order valence-corrected chi connectivity index (χ4v) is 4.04. The zero-order valence-electron chi connectivity index (χ0n) is 17.7. The molecule has 0 aromatic carbocycles. The minimum atomic E-state index is -4.51. The van der Waals surface area contributed by atoms with Gasteiger partial charge in [-0.3, -0.25) is 4.90 Å². The van der Waals surface area contributed by atoms with Gasteiger partial charge in [-0.15, -0.1) is 0 Å². The second kappa shape index (κ2) is 8.41. The summed E-state index contributed by atoms with van der Waals surface area (Å²) in [5.41, 5.74) is 0.880. The molecule has 10 heteroatoms. The van der Waals surface area contributed by atoms with Crippen molar-refractivity contribution in [2.45, 2.75) is 51.2 Å². The third-order valence-electron chi connectivity index (χ3n) is 5.62. The number of likely N-dealkylation sites (tertiary alicyclic amines) is 1. The highest BCUT2D eigenvalue weighted by molar-refractivity contribution is 5.81. The SMILES string of the molecule is CNc1ncc(CN2CCC[C@H](c3noc4nc(C(C)C)cc(C(F)(F)F)c34)C2)cn1. The van der Waals surface area contributed by atoms with E-state index in [9.17, 15) is 13.2 Å². The molecule has 31 heavy (non-hydrogen) atoms. The number of hydrogen-bond donors (Lipinski definition) is 1. The highest BCUT2D eigenvalue weighted by atomic mass is 19.4. The number of aromatic nitrogens is 4. The van der Waals surface area contributed by atoms with Gasteiger partial charge in [-0.05, 0) is 31.4 Å². The van der Waals surface area contributed by atoms with E-state index in [-0.39, 0.29) is 22.9 Å². The maximum absolute atomic E-state index is 13.9. The minimum Gasteiger partial charge on any atom is -0.357 e. The van der Waals surface area contributed by atoms with E-state index in [0.29, 0.717) is 30.4 Å². The Labute approximate surface area is 178 Å². The second-order valence-electron chi connectivity index (χ2n) is 8.23. The van der Waals surface area contributed by atoms with E-state index >= 15 is 0 Å². The monoisotopic (exact) mass is 434 g/mol. The second-order valence-corrected chi connectivity index (χ2v) is 8.23. The average Bonchev–Trinajstić information content (AvgIpc) is 3.17. The molecule has 1 atom stereocenters. The van der Waals surface area contributed by atoms with Crippen molar-refractivity contribution >= 4 is 17.0 Å². The number of halogens is 3. The number of hydrogen-bond acceptors (Lipinski definition) is 7. The summed E-state index contributed by atoms with van der Waals surface area (Å²) in [6.07, 6.45) is 0.607. The van der Waals surface area contributed by atoms with E-state index in [1.54, 1.807) is 33.3 Å². The molecule has 4 heterocycles. The number of fused-ring (bicyclic) bond motifs is 1. The van der Waals surface area contributed by atoms with Crippen LogP contribution in [-0.2, 0) is 12.7 Å². The van der Waals surface area contributed by atoms with Crippen molar-refractivity contribution < 1.29 is 17.7 Å². The minimum absolute atomic E-state index is 0.00884. The van der Waals surface area contributed by atoms with E-state index in [1.165, 1.54) is 0 Å². The molecule has 1 fully saturated rings. The summed E-state index contributed by atoms with van der Waals surface area (Å²) in [7, 11) is 1.75. The van der Waals surface area contributed by atoms with Gasteiger partial charge in [0.05, 0.1) is 16.6 Å². The predicted molar refractivity (Wildman–Crippen MR) is 110 cm³/mol. The molecule has 1 N–H and O–H groups in total. The van der Waals surface area contributed by atoms with Crippen LogP contribution in [0.5, 0.6) is 0 Å². The Morgan fingerprint density at radius 1 is 1.26 bits per heavy atom. The van der Waals surface area contributed by atoms with Gasteiger partial charge < -0.3 is 9.84 Å². The first kappa shape index (κ1) is 21.5. The maximum Gasteiger partial charge on any atom is 0.417 e. The van der Waals surface area contributed by atoms with Crippen LogP contribution in [0.15, 0.2) is 23.0 Å². The standard InChI is InChI=1S/C21H25F3N6O/c1-12(2)16-7-15(21(22,23)24)17-18(29-31-19(17)28-16)14-5-4-6-30(11-14)10-13-8-26-20(25-3)27-9-13/h7-9,12,14H,4-6,10-11H2,1-3H3,(H,25,26,27)/t14-/m0/s1. The Balaban J connectivity index is 1.63. The van der Waals surface area contributed by atoms with Gasteiger partial charge in [-0.2, -0.15) is 13.2 Å². The van der Waals surface area contributed by atoms with E-state index < -0.39 is 11.7 Å². The quantitative estimate of drug-likeness (QED) is 0.630. The van der Waals surface area contributed by atoms with Gasteiger partial charge in [0.25, 0.3) is 5.71 Å². The van der Waals surface area contributed by atoms with Gasteiger partial charge in [0.1, 0.15) is 0 Å². The first-order valence-electron chi connectivity index (χ1n) is 10.3. The normalized spacial score (nSPS) is 18.1. The van der Waals surface area contributed by atoms with Gasteiger partial charge in [-0.1, -0.05) is 19.0 Å². The highest BCUT2D eigenvalue weighted by Gasteiger charge is 2.38. The summed E-state index contributed by atoms with van der Waals surface area (Å²) in [5, 5.41) is 6.93. The smallest absolute Gasteiger partial charge is 0.357 e. The molecular weight excluding hydrogens is 409 g/mol. The van der Waals surface area contributed by atoms with E-state index in [1.807, 2.05) is 0 Å². The number of anilines is 1. The molecular formula is C21H25F3N6O. The van der Waals surface area contributed by atoms with Crippen LogP contribution in [0.4, 0.5) is 19.1 Å². The summed E-state index contributed by atoms with van der Waals surface area (Å²) in [6, 6.07) is 1.13. The van der Waals surface area contributed by atoms with Crippen LogP contribution in [-0.4, -0.2) is 45.1 Å². The molecule has 7 nitrogen and oxygen atoms in total. The van der Waals surface area contributed by atoms with Crippen LogP contribution in [0.25, 0.3) is 11.1 Å². The van der Waals surface area contributed by atoms with E-state index in [0.717, 1.165) is 31.0 Å². The summed E-state index contributed by atoms with van der Waals surface area (Å²) >= 11 is 0. The van der Waals surface area contributed by atoms with Gasteiger partial charge in [0.15, 0.2) is 0 Å². The molecule has 3 aromatic heterocycles. The Hall–Kier alpha value is -2.75. The van der Waals surface area contributed by atoms with Gasteiger partial charge in [-0.25, -0.2) is 15.0 Å². The summed E-state index contributed by atoms with van der Waals surface area (Å²) < 4.78 is 47.0. The number of alkyl halides is 3. The number of nitrogens with one attached hydrogen (secondary N) is 1. The molecule has 166 valence electrons. The predicted octanol–water partition coefficient (Wildman–Crippen LogP) is 4.58. The largest absolute Gasteiger partial charge is 0.417 e. The van der Waals surface area contributed by atoms with Crippen LogP contribution in [0.2, 0.25) is 0 Å². The Bertz CT molecular complexity index is 1050. The number of piperidine rings is 1. The van der Waals surface area contributed by atoms with Crippen molar-refractivity contribution in [1.29, 1.82) is 0 Å². The summed E-state index contributed by atoms with van der Waals surface area (Å²) in [5.74, 6) is 0.225. The van der Waals surface area contributed by atoms with E-state index in [4.69, 9.17) is 4.52 Å². The van der Waals surface area contributed by atoms with Crippen molar-refractivity contribution in [3.63, 3.8) is 0 Å². The molecule has 0 spiro atoms. The molecule has 0 saturated carbocycles. The number of rotatable bonds is 5. The lowest BCUT2D eigenvalue weighted by Crippen LogP contribution is -2.34. The zero-order chi connectivity index (χ0) is 22.2. The molecule has 0 unspecified atom stereocenters. The highest BCUT2D eigenvalue weighted by Crippen LogP contribution is 2.40. The first-order valence-corrected chi connectivity index (χ1v) is 10.3. The Morgan fingerprint density at radius 2 is 2.00 bits per heavy atom. The first-order chi connectivity index (χ1) is 14.8. The third-order valence-corrected chi connectivity index (χ3v) is 5.62. The summed E-state index contributed by atoms with van der Waals surface area (Å²) in [4.78, 5) is 14.9. The van der Waals surface area contributed by atoms with E-state index in [2.05, 4.69) is 30.3 Å². The fraction of sp³-hybridized carbons (Fsp3) is 0.524. The lowest BCUT2D eigenvalue weighted by atomic mass is 9.91. The van der Waals surface area contributed by atoms with Crippen LogP contribution in [0, 0.1) is 0 Å². The van der Waals surface area contributed by atoms with Crippen molar-refractivity contribution in [2.24, 2.45) is 0 Å². The third kappa shape index (κ3) is 4.48. The maximum atomic E-state index is 13.9. The molecule has 4 rings (SSSR count). The van der Waals surface area contributed by atoms with Crippen LogP contribution in [0.1, 0.15) is 61.0 Å². The fourth-order valence-electron chi connectivity index (χ4n) is 4.04. The van der Waals surface area contributed by atoms with Crippen LogP contribution < -0.4 is 5.32 Å². The Kier molecular flexibility index (Phi) is 5.83. The van der Waals surface area contributed by atoms with Gasteiger partial charge in [0, 0.05) is 49.7 Å². The molecule has 1 aliphatic rings. The van der Waals surface area contributed by atoms with Crippen molar-refractivity contribution in [2.75, 3.05) is 25.5 Å². The topological polar surface area (TPSA) is 80.0 Å². The lowest BCUT2D eigenvalue weighted by Gasteiger charge is -2.31. The molecule has 0 radical (unpaired) electrons. The molecule has 0 amide bonds. The molecule has 1 aliphatic heterocycles. The number of nitrogens with zero attached hydrogens (tertiary/aromatic N) is 5. The molecule has 1 saturated heterocycles. The van der Waals surface area contributed by atoms with Crippen LogP contribution in [0.3, 0.4) is 0 Å². The van der Waals surface area contributed by atoms with Gasteiger partial charge >= 0.3 is 6.18 Å². The molecule has 3 aromatic rings. The summed E-state index contributed by atoms with van der Waals surface area (Å²) in [6.45, 7) is 5.66. The number of pyridine rings is 1. The Morgan fingerprint density at radius 3 is 2.65 bits per heavy atom.